The molecule has 0 atom stereocenters. The van der Waals surface area contributed by atoms with Gasteiger partial charge in [0.25, 0.3) is 0 Å². The van der Waals surface area contributed by atoms with E-state index in [-0.39, 0.29) is 12.3 Å². The molecule has 0 amide bonds. The van der Waals surface area contributed by atoms with Crippen LogP contribution in [-0.2, 0) is 11.3 Å². The van der Waals surface area contributed by atoms with Crippen LogP contribution in [0.5, 0.6) is 5.88 Å². The molecule has 3 aromatic rings. The normalized spacial score (nSPS) is 15.0. The summed E-state index contributed by atoms with van der Waals surface area (Å²) in [7, 11) is 0. The molecule has 0 unspecified atom stereocenters. The number of aliphatic carboxylic acids is 1. The molecular weight excluding hydrogens is 420 g/mol. The van der Waals surface area contributed by atoms with E-state index in [2.05, 4.69) is 4.99 Å². The largest absolute Gasteiger partial charge is 0.493 e. The Labute approximate surface area is 181 Å². The molecule has 1 aliphatic heterocycles. The van der Waals surface area contributed by atoms with E-state index in [1.165, 1.54) is 11.3 Å². The van der Waals surface area contributed by atoms with Crippen molar-refractivity contribution in [1.29, 1.82) is 0 Å². The summed E-state index contributed by atoms with van der Waals surface area (Å²) in [5, 5.41) is 21.2. The molecule has 6 nitrogen and oxygen atoms in total. The number of unbranched alkanes of at least 4 members (excludes halogenated alkanes) is 2. The highest BCUT2D eigenvalue weighted by molar-refractivity contribution is 7.73. The average Bonchev–Trinajstić information content (AvgIpc) is 3.41. The number of fused-ring (bicyclic) bond motifs is 1. The van der Waals surface area contributed by atoms with Gasteiger partial charge in [-0.15, -0.1) is 11.3 Å². The maximum atomic E-state index is 10.6. The molecule has 0 radical (unpaired) electrons. The van der Waals surface area contributed by atoms with Gasteiger partial charge in [-0.2, -0.15) is 0 Å². The van der Waals surface area contributed by atoms with Crippen LogP contribution in [0.15, 0.2) is 45.8 Å². The molecule has 0 fully saturated rings. The summed E-state index contributed by atoms with van der Waals surface area (Å²) < 4.78 is 8.18. The summed E-state index contributed by atoms with van der Waals surface area (Å²) in [6, 6.07) is 11.6. The van der Waals surface area contributed by atoms with Crippen LogP contribution in [0.3, 0.4) is 0 Å². The first-order valence-corrected chi connectivity index (χ1v) is 10.9. The second-order valence-electron chi connectivity index (χ2n) is 6.96. The van der Waals surface area contributed by atoms with Crippen LogP contribution in [0, 0.1) is 3.95 Å². The third-order valence-corrected chi connectivity index (χ3v) is 6.17. The maximum Gasteiger partial charge on any atom is 0.303 e. The van der Waals surface area contributed by atoms with E-state index in [9.17, 15) is 9.90 Å². The average molecular weight is 441 g/mol. The van der Waals surface area contributed by atoms with E-state index in [4.69, 9.17) is 21.7 Å². The molecule has 30 heavy (non-hydrogen) atoms. The van der Waals surface area contributed by atoms with Crippen molar-refractivity contribution in [2.75, 3.05) is 0 Å². The second kappa shape index (κ2) is 8.81. The highest BCUT2D eigenvalue weighted by Gasteiger charge is 2.10. The molecule has 0 aliphatic carbocycles. The summed E-state index contributed by atoms with van der Waals surface area (Å²) >= 11 is 6.70. The fraction of sp³-hybridized carbons (Fsp3) is 0.227. The zero-order chi connectivity index (χ0) is 21.1. The van der Waals surface area contributed by atoms with Crippen LogP contribution in [0.4, 0.5) is 0 Å². The molecule has 1 aliphatic rings. The van der Waals surface area contributed by atoms with Crippen molar-refractivity contribution in [3.8, 4) is 5.88 Å². The minimum atomic E-state index is -0.787. The number of carbonyl (C=O) groups is 1. The Morgan fingerprint density at radius 2 is 2.03 bits per heavy atom. The third-order valence-electron chi connectivity index (χ3n) is 4.79. The zero-order valence-corrected chi connectivity index (χ0v) is 17.7. The minimum Gasteiger partial charge on any atom is -0.493 e. The number of hydrogen-bond acceptors (Lipinski definition) is 6. The summed E-state index contributed by atoms with van der Waals surface area (Å²) in [5.41, 5.74) is 2.04. The first-order chi connectivity index (χ1) is 14.5. The molecule has 154 valence electrons. The van der Waals surface area contributed by atoms with Gasteiger partial charge in [-0.1, -0.05) is 24.6 Å². The molecule has 2 aromatic heterocycles. The maximum absolute atomic E-state index is 10.6. The molecule has 1 aromatic carbocycles. The Balaban J connectivity index is 1.55. The molecular formula is C22H20N2O4S2. The number of nitrogens with zero attached hydrogens (tertiary/aromatic N) is 2. The quantitative estimate of drug-likeness (QED) is 0.435. The molecule has 0 saturated carbocycles. The topological polar surface area (TPSA) is 88.0 Å². The number of benzene rings is 1. The van der Waals surface area contributed by atoms with Gasteiger partial charge in [0.15, 0.2) is 9.37 Å². The monoisotopic (exact) mass is 440 g/mol. The van der Waals surface area contributed by atoms with Gasteiger partial charge >= 0.3 is 5.97 Å². The lowest BCUT2D eigenvalue weighted by Gasteiger charge is -2.04. The number of aromatic hydroxyl groups is 1. The van der Waals surface area contributed by atoms with E-state index in [1.807, 2.05) is 42.5 Å². The van der Waals surface area contributed by atoms with Crippen molar-refractivity contribution < 1.29 is 19.4 Å². The van der Waals surface area contributed by atoms with Crippen LogP contribution in [0.1, 0.15) is 30.6 Å². The fourth-order valence-corrected chi connectivity index (χ4v) is 4.57. The number of rotatable bonds is 7. The summed E-state index contributed by atoms with van der Waals surface area (Å²) in [4.78, 5) is 15.8. The van der Waals surface area contributed by atoms with Crippen molar-refractivity contribution in [3.63, 3.8) is 0 Å². The molecule has 4 rings (SSSR count). The van der Waals surface area contributed by atoms with Gasteiger partial charge in [0, 0.05) is 24.3 Å². The van der Waals surface area contributed by atoms with Crippen molar-refractivity contribution >= 4 is 47.4 Å². The second-order valence-corrected chi connectivity index (χ2v) is 8.63. The SMILES string of the molecule is O=C(O)CCCCCn1c(O)c(/C=c2\cc/c(=C3\C=c4ccccc4=N3)o2)sc1=S. The molecule has 2 N–H and O–H groups in total. The number of carboxylic acid groups (broad SMARTS) is 1. The smallest absolute Gasteiger partial charge is 0.303 e. The first kappa shape index (κ1) is 20.3. The number of hydrogen-bond donors (Lipinski definition) is 2. The summed E-state index contributed by atoms with van der Waals surface area (Å²) in [6.45, 7) is 0.558. The Bertz CT molecular complexity index is 1360. The van der Waals surface area contributed by atoms with Gasteiger partial charge < -0.3 is 14.6 Å². The van der Waals surface area contributed by atoms with Crippen molar-refractivity contribution in [1.82, 2.24) is 4.57 Å². The van der Waals surface area contributed by atoms with Gasteiger partial charge in [0.1, 0.15) is 11.1 Å². The van der Waals surface area contributed by atoms with Gasteiger partial charge in [0.2, 0.25) is 5.88 Å². The minimum absolute atomic E-state index is 0.110. The van der Waals surface area contributed by atoms with Gasteiger partial charge in [-0.05, 0) is 49.3 Å². The van der Waals surface area contributed by atoms with E-state index in [1.54, 1.807) is 10.6 Å². The van der Waals surface area contributed by atoms with Crippen molar-refractivity contribution in [2.45, 2.75) is 32.2 Å². The molecule has 0 spiro atoms. The lowest BCUT2D eigenvalue weighted by atomic mass is 10.2. The van der Waals surface area contributed by atoms with Gasteiger partial charge in [0.05, 0.1) is 10.2 Å². The number of para-hydroxylation sites is 1. The fourth-order valence-electron chi connectivity index (χ4n) is 3.27. The highest BCUT2D eigenvalue weighted by atomic mass is 32.1. The van der Waals surface area contributed by atoms with Crippen molar-refractivity contribution in [3.05, 3.63) is 66.6 Å². The van der Waals surface area contributed by atoms with E-state index >= 15 is 0 Å². The van der Waals surface area contributed by atoms with E-state index in [0.29, 0.717) is 32.6 Å². The van der Waals surface area contributed by atoms with Crippen LogP contribution < -0.4 is 21.4 Å². The Morgan fingerprint density at radius 1 is 1.20 bits per heavy atom. The lowest BCUT2D eigenvalue weighted by molar-refractivity contribution is -0.137. The molecule has 8 heteroatoms. The third kappa shape index (κ3) is 4.44. The van der Waals surface area contributed by atoms with Crippen molar-refractivity contribution in [2.24, 2.45) is 4.99 Å². The number of carboxylic acids is 1. The number of aromatic nitrogens is 1. The molecule has 0 saturated heterocycles. The standard InChI is InChI=1S/C22H20N2O4S2/c25-20(26)8-2-1-5-11-24-21(27)19(30-22(24)29)13-15-9-10-18(28-15)17-12-14-6-3-4-7-16(14)23-17/h3-4,6-7,9-10,12-13,27H,1-2,5,8,11H2,(H,25,26)/b15-13+,18-17-. The van der Waals surface area contributed by atoms with E-state index in [0.717, 1.165) is 29.1 Å². The Morgan fingerprint density at radius 3 is 2.83 bits per heavy atom. The van der Waals surface area contributed by atoms with Gasteiger partial charge in [-0.25, -0.2) is 4.99 Å². The predicted octanol–water partition coefficient (Wildman–Crippen LogP) is 2.27. The van der Waals surface area contributed by atoms with Crippen LogP contribution in [0.25, 0.3) is 17.8 Å². The number of thiazole rings is 1. The highest BCUT2D eigenvalue weighted by Crippen LogP contribution is 2.27. The Kier molecular flexibility index (Phi) is 5.96. The van der Waals surface area contributed by atoms with Gasteiger partial charge in [-0.3, -0.25) is 9.36 Å². The molecule has 3 heterocycles. The van der Waals surface area contributed by atoms with Crippen LogP contribution in [0.2, 0.25) is 0 Å². The predicted molar refractivity (Wildman–Crippen MR) is 118 cm³/mol. The first-order valence-electron chi connectivity index (χ1n) is 9.63. The van der Waals surface area contributed by atoms with E-state index < -0.39 is 5.97 Å². The van der Waals surface area contributed by atoms with Crippen LogP contribution >= 0.6 is 23.6 Å². The summed E-state index contributed by atoms with van der Waals surface area (Å²) in [5.74, 6) is -0.678. The number of furan rings is 1. The summed E-state index contributed by atoms with van der Waals surface area (Å²) in [6.07, 6.45) is 6.06. The lowest BCUT2D eigenvalue weighted by Crippen LogP contribution is -2.19. The Hall–Kier alpha value is -2.97. The molecule has 0 bridgehead atoms. The van der Waals surface area contributed by atoms with Crippen LogP contribution in [-0.4, -0.2) is 20.7 Å². The zero-order valence-electron chi connectivity index (χ0n) is 16.1.